The molecule has 5 aromatic rings. The quantitative estimate of drug-likeness (QED) is 0.470. The van der Waals surface area contributed by atoms with E-state index >= 15 is 0 Å². The van der Waals surface area contributed by atoms with Crippen molar-refractivity contribution in [2.75, 3.05) is 0 Å². The normalized spacial score (nSPS) is 16.4. The first kappa shape index (κ1) is 18.5. The topological polar surface area (TPSA) is 91.1 Å². The number of carbonyl (C=O) groups is 1. The zero-order chi connectivity index (χ0) is 21.3. The third-order valence-electron chi connectivity index (χ3n) is 6.25. The second-order valence-corrected chi connectivity index (χ2v) is 9.60. The highest BCUT2D eigenvalue weighted by molar-refractivity contribution is 7.19. The molecule has 1 unspecified atom stereocenters. The van der Waals surface area contributed by atoms with Gasteiger partial charge in [0.15, 0.2) is 11.5 Å². The van der Waals surface area contributed by atoms with Crippen LogP contribution in [0.15, 0.2) is 30.5 Å². The van der Waals surface area contributed by atoms with E-state index in [1.807, 2.05) is 46.5 Å². The first-order chi connectivity index (χ1) is 15.0. The number of benzene rings is 1. The van der Waals surface area contributed by atoms with Crippen LogP contribution in [0.5, 0.6) is 0 Å². The molecule has 7 nitrogen and oxygen atoms in total. The number of nitrogens with zero attached hydrogens (tertiary/aromatic N) is 5. The molecule has 4 heterocycles. The fourth-order valence-electron chi connectivity index (χ4n) is 4.78. The Balaban J connectivity index is 1.62. The number of aromatic nitrogens is 5. The highest BCUT2D eigenvalue weighted by Gasteiger charge is 2.25. The summed E-state index contributed by atoms with van der Waals surface area (Å²) in [7, 11) is 0. The van der Waals surface area contributed by atoms with Crippen molar-refractivity contribution in [3.8, 4) is 11.4 Å². The summed E-state index contributed by atoms with van der Waals surface area (Å²) in [6.45, 7) is 4.41. The Bertz CT molecular complexity index is 1510. The lowest BCUT2D eigenvalue weighted by Gasteiger charge is -2.17. The molecule has 1 aliphatic rings. The molecule has 1 atom stereocenters. The van der Waals surface area contributed by atoms with E-state index < -0.39 is 0 Å². The van der Waals surface area contributed by atoms with E-state index in [4.69, 9.17) is 20.8 Å². The maximum absolute atomic E-state index is 11.6. The standard InChI is InChI=1S/C23H22N6OS/c1-12-7-8-18-15(9-12)20-22-26-21(27-29(22)13(2)25-23(20)31-18)16-10-28(11-19(24)30)17-6-4-3-5-14(16)17/h3-6,10,12H,7-9,11H2,1-2H3,(H2,24,30). The fraction of sp³-hybridized carbons (Fsp3) is 0.304. The van der Waals surface area contributed by atoms with Gasteiger partial charge in [-0.1, -0.05) is 25.1 Å². The molecular formula is C23H22N6OS. The molecule has 0 spiro atoms. The summed E-state index contributed by atoms with van der Waals surface area (Å²) in [6, 6.07) is 7.96. The minimum absolute atomic E-state index is 0.120. The van der Waals surface area contributed by atoms with E-state index in [-0.39, 0.29) is 12.5 Å². The number of thiophene rings is 1. The molecular weight excluding hydrogens is 408 g/mol. The molecule has 1 aromatic carbocycles. The van der Waals surface area contributed by atoms with Gasteiger partial charge in [-0.3, -0.25) is 4.79 Å². The van der Waals surface area contributed by atoms with Gasteiger partial charge in [-0.15, -0.1) is 16.4 Å². The number of amides is 1. The highest BCUT2D eigenvalue weighted by Crippen LogP contribution is 2.39. The number of aryl methyl sites for hydroxylation is 2. The lowest BCUT2D eigenvalue weighted by Crippen LogP contribution is -2.17. The van der Waals surface area contributed by atoms with Gasteiger partial charge in [0.05, 0.1) is 5.39 Å². The van der Waals surface area contributed by atoms with Crippen LogP contribution in [0.4, 0.5) is 0 Å². The fourth-order valence-corrected chi connectivity index (χ4v) is 6.04. The molecule has 31 heavy (non-hydrogen) atoms. The maximum atomic E-state index is 11.6. The van der Waals surface area contributed by atoms with Gasteiger partial charge in [0.2, 0.25) is 5.91 Å². The van der Waals surface area contributed by atoms with Crippen LogP contribution in [-0.4, -0.2) is 30.1 Å². The minimum atomic E-state index is -0.379. The summed E-state index contributed by atoms with van der Waals surface area (Å²) in [5.74, 6) is 1.76. The predicted octanol–water partition coefficient (Wildman–Crippen LogP) is 3.88. The van der Waals surface area contributed by atoms with Gasteiger partial charge in [0.1, 0.15) is 17.2 Å². The van der Waals surface area contributed by atoms with Gasteiger partial charge in [0.25, 0.3) is 0 Å². The van der Waals surface area contributed by atoms with Crippen molar-refractivity contribution in [2.45, 2.75) is 39.7 Å². The van der Waals surface area contributed by atoms with Crippen LogP contribution in [0.1, 0.15) is 29.6 Å². The zero-order valence-electron chi connectivity index (χ0n) is 17.4. The molecule has 0 saturated heterocycles. The van der Waals surface area contributed by atoms with E-state index in [1.54, 1.807) is 11.3 Å². The van der Waals surface area contributed by atoms with Gasteiger partial charge in [-0.25, -0.2) is 9.97 Å². The Morgan fingerprint density at radius 3 is 2.97 bits per heavy atom. The van der Waals surface area contributed by atoms with Crippen LogP contribution >= 0.6 is 11.3 Å². The van der Waals surface area contributed by atoms with E-state index in [0.717, 1.165) is 51.0 Å². The number of primary amides is 1. The van der Waals surface area contributed by atoms with Crippen molar-refractivity contribution in [3.05, 3.63) is 46.7 Å². The number of hydrogen-bond acceptors (Lipinski definition) is 5. The summed E-state index contributed by atoms with van der Waals surface area (Å²) in [5.41, 5.74) is 9.57. The molecule has 2 N–H and O–H groups in total. The maximum Gasteiger partial charge on any atom is 0.237 e. The molecule has 1 amide bonds. The lowest BCUT2D eigenvalue weighted by molar-refractivity contribution is -0.118. The number of para-hydroxylation sites is 1. The van der Waals surface area contributed by atoms with Crippen LogP contribution in [0.3, 0.4) is 0 Å². The van der Waals surface area contributed by atoms with E-state index in [1.165, 1.54) is 16.9 Å². The number of carbonyl (C=O) groups excluding carboxylic acids is 1. The van der Waals surface area contributed by atoms with Gasteiger partial charge >= 0.3 is 0 Å². The molecule has 0 radical (unpaired) electrons. The lowest BCUT2D eigenvalue weighted by atomic mass is 9.89. The second-order valence-electron chi connectivity index (χ2n) is 8.52. The van der Waals surface area contributed by atoms with Crippen LogP contribution in [0.25, 0.3) is 38.2 Å². The van der Waals surface area contributed by atoms with Crippen LogP contribution in [-0.2, 0) is 24.2 Å². The van der Waals surface area contributed by atoms with E-state index in [0.29, 0.717) is 11.7 Å². The van der Waals surface area contributed by atoms with Crippen LogP contribution < -0.4 is 5.73 Å². The number of hydrogen-bond donors (Lipinski definition) is 1. The van der Waals surface area contributed by atoms with Crippen molar-refractivity contribution in [1.29, 1.82) is 0 Å². The third kappa shape index (κ3) is 2.78. The Morgan fingerprint density at radius 2 is 2.13 bits per heavy atom. The van der Waals surface area contributed by atoms with Gasteiger partial charge in [-0.05, 0) is 43.7 Å². The van der Waals surface area contributed by atoms with Gasteiger partial charge < -0.3 is 10.3 Å². The molecule has 1 aliphatic carbocycles. The van der Waals surface area contributed by atoms with Crippen LogP contribution in [0, 0.1) is 12.8 Å². The Hall–Kier alpha value is -3.26. The van der Waals surface area contributed by atoms with Gasteiger partial charge in [-0.2, -0.15) is 4.52 Å². The monoisotopic (exact) mass is 430 g/mol. The molecule has 6 rings (SSSR count). The summed E-state index contributed by atoms with van der Waals surface area (Å²) in [5, 5.41) is 6.99. The number of fused-ring (bicyclic) bond motifs is 6. The first-order valence-corrected chi connectivity index (χ1v) is 11.4. The van der Waals surface area contributed by atoms with E-state index in [2.05, 4.69) is 6.92 Å². The SMILES string of the molecule is Cc1nc2sc3c(c2c2nc(-c4cn(CC(N)=O)c5ccccc45)nn12)CC(C)CC3. The Labute approximate surface area is 182 Å². The van der Waals surface area contributed by atoms with Crippen LogP contribution in [0.2, 0.25) is 0 Å². The van der Waals surface area contributed by atoms with E-state index in [9.17, 15) is 4.79 Å². The molecule has 8 heteroatoms. The largest absolute Gasteiger partial charge is 0.368 e. The van der Waals surface area contributed by atoms with Crippen molar-refractivity contribution in [1.82, 2.24) is 24.1 Å². The highest BCUT2D eigenvalue weighted by atomic mass is 32.1. The Kier molecular flexibility index (Phi) is 3.95. The van der Waals surface area contributed by atoms with Crippen molar-refractivity contribution >= 4 is 44.0 Å². The molecule has 0 aliphatic heterocycles. The molecule has 0 bridgehead atoms. The molecule has 4 aromatic heterocycles. The summed E-state index contributed by atoms with van der Waals surface area (Å²) in [6.07, 6.45) is 5.34. The summed E-state index contributed by atoms with van der Waals surface area (Å²) >= 11 is 1.80. The average Bonchev–Trinajstić information content (AvgIpc) is 3.41. The van der Waals surface area contributed by atoms with Crippen molar-refractivity contribution < 1.29 is 4.79 Å². The summed E-state index contributed by atoms with van der Waals surface area (Å²) < 4.78 is 3.73. The van der Waals surface area contributed by atoms with Gasteiger partial charge in [0, 0.05) is 27.5 Å². The summed E-state index contributed by atoms with van der Waals surface area (Å²) in [4.78, 5) is 23.9. The van der Waals surface area contributed by atoms with Crippen molar-refractivity contribution in [2.24, 2.45) is 11.7 Å². The first-order valence-electron chi connectivity index (χ1n) is 10.5. The predicted molar refractivity (Wildman–Crippen MR) is 122 cm³/mol. The molecule has 156 valence electrons. The van der Waals surface area contributed by atoms with Crippen molar-refractivity contribution in [3.63, 3.8) is 0 Å². The second kappa shape index (κ2) is 6.62. The smallest absolute Gasteiger partial charge is 0.237 e. The average molecular weight is 431 g/mol. The molecule has 0 fully saturated rings. The third-order valence-corrected chi connectivity index (χ3v) is 7.43. The Morgan fingerprint density at radius 1 is 1.29 bits per heavy atom. The number of rotatable bonds is 3. The molecule has 0 saturated carbocycles. The minimum Gasteiger partial charge on any atom is -0.368 e. The number of nitrogens with two attached hydrogens (primary N) is 1. The zero-order valence-corrected chi connectivity index (χ0v) is 18.2.